The molecule has 1 N–H and O–H groups in total. The number of anilines is 1. The van der Waals surface area contributed by atoms with Gasteiger partial charge in [0.05, 0.1) is 6.54 Å². The molecule has 0 radical (unpaired) electrons. The minimum atomic E-state index is -0.858. The number of para-hydroxylation sites is 1. The molecule has 1 fully saturated rings. The van der Waals surface area contributed by atoms with Crippen molar-refractivity contribution < 1.29 is 5.11 Å². The van der Waals surface area contributed by atoms with Gasteiger partial charge >= 0.3 is 0 Å². The molecule has 0 unspecified atom stereocenters. The molecule has 1 aliphatic heterocycles. The van der Waals surface area contributed by atoms with Crippen molar-refractivity contribution in [3.63, 3.8) is 0 Å². The summed E-state index contributed by atoms with van der Waals surface area (Å²) in [6.07, 6.45) is 0.715. The van der Waals surface area contributed by atoms with Crippen LogP contribution in [0.15, 0.2) is 30.3 Å². The molecule has 1 saturated heterocycles. The summed E-state index contributed by atoms with van der Waals surface area (Å²) in [5, 5.41) is 10.8. The lowest BCUT2D eigenvalue weighted by Crippen LogP contribution is -2.52. The Morgan fingerprint density at radius 3 is 2.67 bits per heavy atom. The van der Waals surface area contributed by atoms with Crippen molar-refractivity contribution in [1.82, 2.24) is 4.90 Å². The monoisotopic (exact) mass is 286 g/mol. The van der Waals surface area contributed by atoms with Crippen LogP contribution < -0.4 is 4.90 Å². The van der Waals surface area contributed by atoms with Crippen LogP contribution in [0.4, 0.5) is 5.69 Å². The van der Waals surface area contributed by atoms with Crippen molar-refractivity contribution >= 4 is 5.69 Å². The van der Waals surface area contributed by atoms with Crippen molar-refractivity contribution in [2.24, 2.45) is 5.92 Å². The van der Waals surface area contributed by atoms with Gasteiger partial charge in [-0.05, 0) is 26.1 Å². The molecule has 0 spiro atoms. The molecule has 0 aliphatic carbocycles. The second-order valence-electron chi connectivity index (χ2n) is 6.31. The molecule has 0 amide bonds. The van der Waals surface area contributed by atoms with Gasteiger partial charge in [0.2, 0.25) is 0 Å². The SMILES string of the molecule is C[C@@H]1C[C@@](O)(C#CCN(C)c2ccccc2)[C@H](C)CN1C. The highest BCUT2D eigenvalue weighted by atomic mass is 16.3. The Morgan fingerprint density at radius 2 is 2.00 bits per heavy atom. The fourth-order valence-corrected chi connectivity index (χ4v) is 2.83. The van der Waals surface area contributed by atoms with Crippen LogP contribution in [0.3, 0.4) is 0 Å². The van der Waals surface area contributed by atoms with Crippen molar-refractivity contribution in [2.45, 2.75) is 31.9 Å². The highest BCUT2D eigenvalue weighted by Gasteiger charge is 2.39. The fraction of sp³-hybridized carbons (Fsp3) is 0.556. The van der Waals surface area contributed by atoms with Crippen LogP contribution in [0.25, 0.3) is 0 Å². The van der Waals surface area contributed by atoms with E-state index in [1.54, 1.807) is 0 Å². The van der Waals surface area contributed by atoms with E-state index in [-0.39, 0.29) is 5.92 Å². The Balaban J connectivity index is 2.01. The Morgan fingerprint density at radius 1 is 1.33 bits per heavy atom. The average molecular weight is 286 g/mol. The predicted octanol–water partition coefficient (Wildman–Crippen LogP) is 2.22. The van der Waals surface area contributed by atoms with Crippen LogP contribution in [0, 0.1) is 17.8 Å². The molecule has 1 aliphatic rings. The zero-order valence-corrected chi connectivity index (χ0v) is 13.5. The van der Waals surface area contributed by atoms with Crippen LogP contribution in [0.1, 0.15) is 20.3 Å². The van der Waals surface area contributed by atoms with Gasteiger partial charge in [0.25, 0.3) is 0 Å². The van der Waals surface area contributed by atoms with Crippen molar-refractivity contribution in [3.05, 3.63) is 30.3 Å². The number of likely N-dealkylation sites (tertiary alicyclic amines) is 1. The van der Waals surface area contributed by atoms with E-state index >= 15 is 0 Å². The van der Waals surface area contributed by atoms with Crippen molar-refractivity contribution in [1.29, 1.82) is 0 Å². The van der Waals surface area contributed by atoms with Gasteiger partial charge in [-0.2, -0.15) is 0 Å². The summed E-state index contributed by atoms with van der Waals surface area (Å²) in [6, 6.07) is 10.6. The van der Waals surface area contributed by atoms with E-state index < -0.39 is 5.60 Å². The third kappa shape index (κ3) is 3.78. The van der Waals surface area contributed by atoms with Crippen LogP contribution >= 0.6 is 0 Å². The molecule has 0 bridgehead atoms. The Bertz CT molecular complexity index is 519. The third-order valence-corrected chi connectivity index (χ3v) is 4.55. The van der Waals surface area contributed by atoms with Gasteiger partial charge in [-0.25, -0.2) is 0 Å². The maximum atomic E-state index is 10.8. The molecule has 0 aromatic heterocycles. The Kier molecular flexibility index (Phi) is 4.92. The molecule has 0 saturated carbocycles. The second kappa shape index (κ2) is 6.51. The standard InChI is InChI=1S/C18H26N2O/c1-15-14-20(4)16(2)13-18(15,21)11-8-12-19(3)17-9-6-5-7-10-17/h5-7,9-10,15-16,21H,12-14H2,1-4H3/t15-,16-,18+/m1/s1. The quantitative estimate of drug-likeness (QED) is 0.845. The number of hydrogen-bond acceptors (Lipinski definition) is 3. The topological polar surface area (TPSA) is 26.7 Å². The lowest BCUT2D eigenvalue weighted by atomic mass is 9.79. The lowest BCUT2D eigenvalue weighted by Gasteiger charge is -2.42. The molecular weight excluding hydrogens is 260 g/mol. The first-order chi connectivity index (χ1) is 9.92. The number of rotatable bonds is 2. The first kappa shape index (κ1) is 15.9. The summed E-state index contributed by atoms with van der Waals surface area (Å²) in [7, 11) is 4.13. The van der Waals surface area contributed by atoms with E-state index in [0.717, 1.165) is 12.2 Å². The van der Waals surface area contributed by atoms with E-state index in [0.29, 0.717) is 19.0 Å². The van der Waals surface area contributed by atoms with Gasteiger partial charge in [-0.1, -0.05) is 37.0 Å². The van der Waals surface area contributed by atoms with E-state index in [9.17, 15) is 5.11 Å². The van der Waals surface area contributed by atoms with E-state index in [4.69, 9.17) is 0 Å². The van der Waals surface area contributed by atoms with Gasteiger partial charge in [0.1, 0.15) is 5.60 Å². The van der Waals surface area contributed by atoms with Gasteiger partial charge in [0.15, 0.2) is 0 Å². The minimum absolute atomic E-state index is 0.174. The van der Waals surface area contributed by atoms with E-state index in [1.807, 2.05) is 25.2 Å². The summed E-state index contributed by atoms with van der Waals surface area (Å²) in [5.74, 6) is 6.48. The Hall–Kier alpha value is -1.50. The van der Waals surface area contributed by atoms with Crippen molar-refractivity contribution in [2.75, 3.05) is 32.1 Å². The van der Waals surface area contributed by atoms with E-state index in [1.165, 1.54) is 0 Å². The molecule has 1 heterocycles. The summed E-state index contributed by atoms with van der Waals surface area (Å²) < 4.78 is 0. The molecule has 3 atom stereocenters. The van der Waals surface area contributed by atoms with Crippen LogP contribution in [0.2, 0.25) is 0 Å². The summed E-state index contributed by atoms with van der Waals surface area (Å²) in [6.45, 7) is 5.75. The van der Waals surface area contributed by atoms with Crippen LogP contribution in [-0.4, -0.2) is 48.8 Å². The normalized spacial score (nSPS) is 29.6. The number of aliphatic hydroxyl groups is 1. The zero-order valence-electron chi connectivity index (χ0n) is 13.5. The highest BCUT2D eigenvalue weighted by Crippen LogP contribution is 2.30. The molecule has 3 heteroatoms. The molecule has 1 aromatic rings. The van der Waals surface area contributed by atoms with E-state index in [2.05, 4.69) is 54.7 Å². The minimum Gasteiger partial charge on any atom is -0.377 e. The third-order valence-electron chi connectivity index (χ3n) is 4.55. The fourth-order valence-electron chi connectivity index (χ4n) is 2.83. The smallest absolute Gasteiger partial charge is 0.130 e. The molecule has 21 heavy (non-hydrogen) atoms. The van der Waals surface area contributed by atoms with Gasteiger partial charge in [-0.15, -0.1) is 0 Å². The lowest BCUT2D eigenvalue weighted by molar-refractivity contribution is -0.0347. The molecule has 1 aromatic carbocycles. The number of hydrogen-bond donors (Lipinski definition) is 1. The highest BCUT2D eigenvalue weighted by molar-refractivity contribution is 5.46. The van der Waals surface area contributed by atoms with Crippen molar-refractivity contribution in [3.8, 4) is 11.8 Å². The van der Waals surface area contributed by atoms with Gasteiger partial charge in [0, 0.05) is 37.7 Å². The van der Waals surface area contributed by atoms with Crippen LogP contribution in [0.5, 0.6) is 0 Å². The molecular formula is C18H26N2O. The first-order valence-corrected chi connectivity index (χ1v) is 7.61. The van der Waals surface area contributed by atoms with Crippen LogP contribution in [-0.2, 0) is 0 Å². The summed E-state index contributed by atoms with van der Waals surface area (Å²) in [4.78, 5) is 4.39. The summed E-state index contributed by atoms with van der Waals surface area (Å²) in [5.41, 5.74) is 0.285. The van der Waals surface area contributed by atoms with Gasteiger partial charge in [-0.3, -0.25) is 0 Å². The molecule has 3 nitrogen and oxygen atoms in total. The molecule has 114 valence electrons. The Labute approximate surface area is 128 Å². The zero-order chi connectivity index (χ0) is 15.5. The van der Waals surface area contributed by atoms with Gasteiger partial charge < -0.3 is 14.9 Å². The predicted molar refractivity (Wildman–Crippen MR) is 88.3 cm³/mol. The first-order valence-electron chi connectivity index (χ1n) is 7.61. The number of nitrogens with zero attached hydrogens (tertiary/aromatic N) is 2. The number of piperidine rings is 1. The maximum Gasteiger partial charge on any atom is 0.130 e. The largest absolute Gasteiger partial charge is 0.377 e. The number of benzene rings is 1. The average Bonchev–Trinajstić information content (AvgIpc) is 2.46. The molecule has 2 rings (SSSR count). The maximum absolute atomic E-state index is 10.8. The second-order valence-corrected chi connectivity index (χ2v) is 6.31. The summed E-state index contributed by atoms with van der Waals surface area (Å²) >= 11 is 0.